The van der Waals surface area contributed by atoms with Crippen molar-refractivity contribution < 1.29 is 4.79 Å². The van der Waals surface area contributed by atoms with Crippen molar-refractivity contribution in [3.8, 4) is 0 Å². The average molecular weight is 288 g/mol. The summed E-state index contributed by atoms with van der Waals surface area (Å²) >= 11 is 0. The van der Waals surface area contributed by atoms with Crippen LogP contribution in [0, 0.1) is 17.8 Å². The number of rotatable bonds is 5. The van der Waals surface area contributed by atoms with E-state index in [0.717, 1.165) is 31.6 Å². The summed E-state index contributed by atoms with van der Waals surface area (Å²) in [6, 6.07) is 6.06. The van der Waals surface area contributed by atoms with Crippen LogP contribution in [-0.4, -0.2) is 19.0 Å². The van der Waals surface area contributed by atoms with E-state index in [0.29, 0.717) is 17.8 Å². The summed E-state index contributed by atoms with van der Waals surface area (Å²) < 4.78 is 0. The highest BCUT2D eigenvalue weighted by Crippen LogP contribution is 2.21. The molecule has 0 radical (unpaired) electrons. The van der Waals surface area contributed by atoms with Crippen LogP contribution in [0.2, 0.25) is 0 Å². The van der Waals surface area contributed by atoms with Gasteiger partial charge >= 0.3 is 0 Å². The number of carbonyl (C=O) groups is 1. The van der Waals surface area contributed by atoms with E-state index in [2.05, 4.69) is 44.4 Å². The number of nitrogens with one attached hydrogen (secondary N) is 2. The zero-order valence-electron chi connectivity index (χ0n) is 13.7. The van der Waals surface area contributed by atoms with E-state index in [4.69, 9.17) is 0 Å². The molecule has 0 saturated heterocycles. The second-order valence-electron chi connectivity index (χ2n) is 6.73. The van der Waals surface area contributed by atoms with Crippen molar-refractivity contribution in [3.63, 3.8) is 0 Å². The molecule has 2 rings (SSSR count). The van der Waals surface area contributed by atoms with Crippen molar-refractivity contribution in [2.75, 3.05) is 13.1 Å². The first kappa shape index (κ1) is 16.0. The van der Waals surface area contributed by atoms with Crippen LogP contribution in [0.15, 0.2) is 18.2 Å². The fourth-order valence-corrected chi connectivity index (χ4v) is 3.29. The zero-order chi connectivity index (χ0) is 15.4. The van der Waals surface area contributed by atoms with E-state index in [1.165, 1.54) is 11.1 Å². The standard InChI is InChI=1S/C18H28N2O/c1-12(2)17(13(3)4)11-20-18(21)16-7-5-6-14-10-19-9-8-15(14)16/h5-7,12-13,17,19H,8-11H2,1-4H3,(H,20,21). The van der Waals surface area contributed by atoms with Crippen LogP contribution in [-0.2, 0) is 13.0 Å². The number of amides is 1. The lowest BCUT2D eigenvalue weighted by Crippen LogP contribution is -2.35. The predicted molar refractivity (Wildman–Crippen MR) is 87.4 cm³/mol. The van der Waals surface area contributed by atoms with Crippen LogP contribution in [0.1, 0.15) is 49.2 Å². The van der Waals surface area contributed by atoms with Gasteiger partial charge in [-0.2, -0.15) is 0 Å². The SMILES string of the molecule is CC(C)C(CNC(=O)c1cccc2c1CCNC2)C(C)C. The molecule has 0 saturated carbocycles. The molecule has 3 nitrogen and oxygen atoms in total. The minimum Gasteiger partial charge on any atom is -0.352 e. The highest BCUT2D eigenvalue weighted by atomic mass is 16.1. The van der Waals surface area contributed by atoms with Gasteiger partial charge in [0.1, 0.15) is 0 Å². The van der Waals surface area contributed by atoms with Crippen LogP contribution in [0.25, 0.3) is 0 Å². The lowest BCUT2D eigenvalue weighted by molar-refractivity contribution is 0.0936. The molecule has 1 aliphatic rings. The van der Waals surface area contributed by atoms with Gasteiger partial charge < -0.3 is 10.6 Å². The maximum Gasteiger partial charge on any atom is 0.251 e. The molecule has 0 spiro atoms. The fraction of sp³-hybridized carbons (Fsp3) is 0.611. The van der Waals surface area contributed by atoms with Gasteiger partial charge in [-0.25, -0.2) is 0 Å². The monoisotopic (exact) mass is 288 g/mol. The molecule has 3 heteroatoms. The Labute approximate surface area is 128 Å². The first-order valence-electron chi connectivity index (χ1n) is 8.10. The number of hydrogen-bond donors (Lipinski definition) is 2. The second-order valence-corrected chi connectivity index (χ2v) is 6.73. The van der Waals surface area contributed by atoms with Gasteiger partial charge in [0.05, 0.1) is 0 Å². The minimum atomic E-state index is 0.0834. The van der Waals surface area contributed by atoms with Crippen molar-refractivity contribution in [1.29, 1.82) is 0 Å². The lowest BCUT2D eigenvalue weighted by Gasteiger charge is -2.26. The Morgan fingerprint density at radius 1 is 1.24 bits per heavy atom. The van der Waals surface area contributed by atoms with Crippen LogP contribution in [0.4, 0.5) is 0 Å². The first-order valence-corrected chi connectivity index (χ1v) is 8.10. The summed E-state index contributed by atoms with van der Waals surface area (Å²) in [5, 5.41) is 6.51. The molecule has 0 atom stereocenters. The Morgan fingerprint density at radius 3 is 2.62 bits per heavy atom. The van der Waals surface area contributed by atoms with Crippen molar-refractivity contribution in [2.24, 2.45) is 17.8 Å². The molecule has 1 heterocycles. The van der Waals surface area contributed by atoms with Crippen molar-refractivity contribution in [1.82, 2.24) is 10.6 Å². The maximum atomic E-state index is 12.5. The van der Waals surface area contributed by atoms with Crippen LogP contribution < -0.4 is 10.6 Å². The average Bonchev–Trinajstić information content (AvgIpc) is 2.46. The Hall–Kier alpha value is -1.35. The van der Waals surface area contributed by atoms with Crippen molar-refractivity contribution >= 4 is 5.91 Å². The quantitative estimate of drug-likeness (QED) is 0.874. The van der Waals surface area contributed by atoms with Gasteiger partial charge in [0, 0.05) is 18.7 Å². The van der Waals surface area contributed by atoms with Gasteiger partial charge in [-0.1, -0.05) is 39.8 Å². The molecule has 116 valence electrons. The third-order valence-electron chi connectivity index (χ3n) is 4.60. The normalized spacial score (nSPS) is 14.6. The summed E-state index contributed by atoms with van der Waals surface area (Å²) in [5.74, 6) is 1.77. The van der Waals surface area contributed by atoms with Crippen LogP contribution in [0.5, 0.6) is 0 Å². The number of carbonyl (C=O) groups excluding carboxylic acids is 1. The number of hydrogen-bond acceptors (Lipinski definition) is 2. The largest absolute Gasteiger partial charge is 0.352 e. The van der Waals surface area contributed by atoms with E-state index in [-0.39, 0.29) is 5.91 Å². The van der Waals surface area contributed by atoms with Crippen molar-refractivity contribution in [3.05, 3.63) is 34.9 Å². The van der Waals surface area contributed by atoms with Crippen LogP contribution >= 0.6 is 0 Å². The van der Waals surface area contributed by atoms with Crippen LogP contribution in [0.3, 0.4) is 0 Å². The summed E-state index contributed by atoms with van der Waals surface area (Å²) in [6.45, 7) is 11.5. The summed E-state index contributed by atoms with van der Waals surface area (Å²) in [7, 11) is 0. The molecule has 0 bridgehead atoms. The minimum absolute atomic E-state index is 0.0834. The van der Waals surface area contributed by atoms with E-state index in [9.17, 15) is 4.79 Å². The van der Waals surface area contributed by atoms with Gasteiger partial charge in [0.25, 0.3) is 5.91 Å². The molecule has 0 aromatic heterocycles. The first-order chi connectivity index (χ1) is 10.0. The summed E-state index contributed by atoms with van der Waals surface area (Å²) in [6.07, 6.45) is 0.941. The predicted octanol–water partition coefficient (Wildman–Crippen LogP) is 2.99. The Morgan fingerprint density at radius 2 is 1.95 bits per heavy atom. The molecule has 0 unspecified atom stereocenters. The zero-order valence-corrected chi connectivity index (χ0v) is 13.7. The highest BCUT2D eigenvalue weighted by molar-refractivity contribution is 5.96. The molecule has 0 aliphatic carbocycles. The molecule has 1 aliphatic heterocycles. The molecule has 1 amide bonds. The second kappa shape index (κ2) is 7.08. The van der Waals surface area contributed by atoms with Gasteiger partial charge in [-0.15, -0.1) is 0 Å². The number of fused-ring (bicyclic) bond motifs is 1. The third kappa shape index (κ3) is 3.85. The maximum absolute atomic E-state index is 12.5. The summed E-state index contributed by atoms with van der Waals surface area (Å²) in [5.41, 5.74) is 3.35. The Kier molecular flexibility index (Phi) is 5.40. The molecule has 1 aromatic carbocycles. The van der Waals surface area contributed by atoms with Gasteiger partial charge in [0.2, 0.25) is 0 Å². The third-order valence-corrected chi connectivity index (χ3v) is 4.60. The van der Waals surface area contributed by atoms with Crippen molar-refractivity contribution in [2.45, 2.75) is 40.7 Å². The van der Waals surface area contributed by atoms with Gasteiger partial charge in [0.15, 0.2) is 0 Å². The lowest BCUT2D eigenvalue weighted by atomic mass is 9.85. The fourth-order valence-electron chi connectivity index (χ4n) is 3.29. The van der Waals surface area contributed by atoms with Gasteiger partial charge in [-0.05, 0) is 47.9 Å². The van der Waals surface area contributed by atoms with E-state index in [1.807, 2.05) is 12.1 Å². The topological polar surface area (TPSA) is 41.1 Å². The summed E-state index contributed by atoms with van der Waals surface area (Å²) in [4.78, 5) is 12.5. The van der Waals surface area contributed by atoms with E-state index < -0.39 is 0 Å². The molecule has 0 fully saturated rings. The molecular formula is C18H28N2O. The molecule has 1 aromatic rings. The van der Waals surface area contributed by atoms with E-state index >= 15 is 0 Å². The van der Waals surface area contributed by atoms with Gasteiger partial charge in [-0.3, -0.25) is 4.79 Å². The molecular weight excluding hydrogens is 260 g/mol. The Balaban J connectivity index is 2.07. The number of benzene rings is 1. The van der Waals surface area contributed by atoms with E-state index in [1.54, 1.807) is 0 Å². The molecule has 21 heavy (non-hydrogen) atoms. The Bertz CT molecular complexity index is 486. The smallest absolute Gasteiger partial charge is 0.251 e. The highest BCUT2D eigenvalue weighted by Gasteiger charge is 2.21. The molecule has 2 N–H and O–H groups in total.